The molecule has 1 saturated carbocycles. The van der Waals surface area contributed by atoms with Crippen LogP contribution in [0.5, 0.6) is 5.75 Å². The van der Waals surface area contributed by atoms with E-state index in [4.69, 9.17) is 10.00 Å². The molecule has 1 fully saturated rings. The molecule has 26 heavy (non-hydrogen) atoms. The van der Waals surface area contributed by atoms with E-state index in [1.165, 1.54) is 11.6 Å². The number of carbonyl (C=O) groups is 1. The molecule has 0 N–H and O–H groups in total. The Morgan fingerprint density at radius 3 is 2.23 bits per heavy atom. The molecule has 0 heterocycles. The smallest absolute Gasteiger partial charge is 0.343 e. The molecule has 0 saturated heterocycles. The summed E-state index contributed by atoms with van der Waals surface area (Å²) in [6, 6.07) is 10.2. The number of nitriles is 1. The third kappa shape index (κ3) is 4.55. The van der Waals surface area contributed by atoms with Gasteiger partial charge in [0.05, 0.1) is 5.56 Å². The largest absolute Gasteiger partial charge is 0.423 e. The van der Waals surface area contributed by atoms with Gasteiger partial charge in [-0.2, -0.15) is 18.1 Å². The van der Waals surface area contributed by atoms with Crippen molar-refractivity contribution in [1.29, 1.82) is 5.26 Å². The molecule has 0 amide bonds. The van der Waals surface area contributed by atoms with Crippen LogP contribution in [0.2, 0.25) is 0 Å². The number of hydrogen-bond acceptors (Lipinski definition) is 3. The minimum atomic E-state index is -1.06. The number of carbonyl (C=O) groups excluding carboxylic acids is 1. The van der Waals surface area contributed by atoms with Crippen LogP contribution in [0, 0.1) is 29.4 Å². The molecule has 1 aliphatic carbocycles. The van der Waals surface area contributed by atoms with Crippen LogP contribution in [-0.4, -0.2) is 5.97 Å². The van der Waals surface area contributed by atoms with E-state index in [1.54, 1.807) is 12.1 Å². The average molecular weight is 527 g/mol. The first-order chi connectivity index (χ1) is 12.1. The van der Waals surface area contributed by atoms with Crippen molar-refractivity contribution in [3.63, 3.8) is 0 Å². The van der Waals surface area contributed by atoms with Gasteiger partial charge in [-0.1, -0.05) is 25.0 Å². The second kappa shape index (κ2) is 9.03. The SMILES string of the molecule is N#Cc1c(F)cc(OC(=O)c2ccc(C3CC[CH-]CC3)cc2)cc1F.[Re]. The van der Waals surface area contributed by atoms with Crippen molar-refractivity contribution in [2.45, 2.75) is 31.6 Å². The number of nitrogens with zero attached hydrogens (tertiary/aromatic N) is 1. The van der Waals surface area contributed by atoms with Crippen LogP contribution in [0.1, 0.15) is 53.1 Å². The molecule has 1 aliphatic rings. The van der Waals surface area contributed by atoms with Crippen molar-refractivity contribution in [1.82, 2.24) is 0 Å². The third-order valence-electron chi connectivity index (χ3n) is 4.39. The maximum atomic E-state index is 13.6. The molecule has 2 aromatic carbocycles. The average Bonchev–Trinajstić information content (AvgIpc) is 2.62. The Morgan fingerprint density at radius 1 is 1.12 bits per heavy atom. The van der Waals surface area contributed by atoms with Gasteiger partial charge in [-0.15, -0.1) is 0 Å². The fourth-order valence-corrected chi connectivity index (χ4v) is 3.03. The van der Waals surface area contributed by atoms with E-state index >= 15 is 0 Å². The first-order valence-corrected chi connectivity index (χ1v) is 8.11. The Hall–Kier alpha value is -2.08. The second-order valence-corrected chi connectivity index (χ2v) is 6.03. The third-order valence-corrected chi connectivity index (χ3v) is 4.39. The number of rotatable bonds is 3. The van der Waals surface area contributed by atoms with Gasteiger partial charge in [0.15, 0.2) is 0 Å². The summed E-state index contributed by atoms with van der Waals surface area (Å²) in [5, 5.41) is 8.64. The van der Waals surface area contributed by atoms with Crippen molar-refractivity contribution in [2.24, 2.45) is 0 Å². The molecule has 1 radical (unpaired) electrons. The molecule has 0 atom stereocenters. The van der Waals surface area contributed by atoms with Crippen LogP contribution in [0.15, 0.2) is 36.4 Å². The van der Waals surface area contributed by atoms with Crippen LogP contribution in [0.3, 0.4) is 0 Å². The van der Waals surface area contributed by atoms with Gasteiger partial charge in [0.1, 0.15) is 29.0 Å². The monoisotopic (exact) mass is 527 g/mol. The summed E-state index contributed by atoms with van der Waals surface area (Å²) in [4.78, 5) is 12.1. The van der Waals surface area contributed by atoms with Crippen molar-refractivity contribution in [2.75, 3.05) is 0 Å². The summed E-state index contributed by atoms with van der Waals surface area (Å²) < 4.78 is 32.1. The summed E-state index contributed by atoms with van der Waals surface area (Å²) in [6.45, 7) is 0. The zero-order chi connectivity index (χ0) is 17.8. The zero-order valence-corrected chi connectivity index (χ0v) is 16.6. The van der Waals surface area contributed by atoms with Crippen molar-refractivity contribution in [3.8, 4) is 11.8 Å². The summed E-state index contributed by atoms with van der Waals surface area (Å²) in [5.74, 6) is -2.60. The van der Waals surface area contributed by atoms with Crippen molar-refractivity contribution < 1.29 is 38.7 Å². The summed E-state index contributed by atoms with van der Waals surface area (Å²) in [6.07, 6.45) is 6.70. The van der Waals surface area contributed by atoms with Crippen molar-refractivity contribution >= 4 is 5.97 Å². The fourth-order valence-electron chi connectivity index (χ4n) is 3.03. The van der Waals surface area contributed by atoms with Crippen LogP contribution in [0.25, 0.3) is 0 Å². The van der Waals surface area contributed by atoms with E-state index in [-0.39, 0.29) is 26.2 Å². The van der Waals surface area contributed by atoms with Crippen LogP contribution in [0.4, 0.5) is 8.78 Å². The van der Waals surface area contributed by atoms with Gasteiger partial charge in [0.25, 0.3) is 0 Å². The van der Waals surface area contributed by atoms with Crippen LogP contribution < -0.4 is 4.74 Å². The van der Waals surface area contributed by atoms with E-state index in [9.17, 15) is 13.6 Å². The Balaban J connectivity index is 0.00000243. The summed E-state index contributed by atoms with van der Waals surface area (Å²) >= 11 is 0. The molecule has 3 nitrogen and oxygen atoms in total. The van der Waals surface area contributed by atoms with E-state index < -0.39 is 23.2 Å². The second-order valence-electron chi connectivity index (χ2n) is 6.03. The minimum Gasteiger partial charge on any atom is -0.423 e. The first-order valence-electron chi connectivity index (χ1n) is 8.11. The number of benzene rings is 2. The van der Waals surface area contributed by atoms with E-state index in [0.717, 1.165) is 37.8 Å². The number of ether oxygens (including phenoxy) is 1. The molecule has 0 aliphatic heterocycles. The van der Waals surface area contributed by atoms with E-state index in [2.05, 4.69) is 6.42 Å². The molecule has 0 spiro atoms. The Bertz CT molecular complexity index is 802. The molecular weight excluding hydrogens is 510 g/mol. The number of esters is 1. The van der Waals surface area contributed by atoms with Gasteiger partial charge in [-0.3, -0.25) is 0 Å². The van der Waals surface area contributed by atoms with Gasteiger partial charge < -0.3 is 11.2 Å². The molecular formula is C20H16F2NO2Re-. The van der Waals surface area contributed by atoms with Crippen molar-refractivity contribution in [3.05, 3.63) is 71.1 Å². The van der Waals surface area contributed by atoms with Gasteiger partial charge in [-0.25, -0.2) is 13.6 Å². The molecule has 0 aromatic heterocycles. The molecule has 6 heteroatoms. The number of halogens is 2. The Morgan fingerprint density at radius 2 is 1.69 bits per heavy atom. The minimum absolute atomic E-state index is 0. The maximum Gasteiger partial charge on any atom is 0.343 e. The van der Waals surface area contributed by atoms with Gasteiger partial charge in [-0.05, 0) is 23.6 Å². The van der Waals surface area contributed by atoms with Crippen LogP contribution in [-0.2, 0) is 20.4 Å². The molecule has 2 aromatic rings. The van der Waals surface area contributed by atoms with Gasteiger partial charge in [0, 0.05) is 32.6 Å². The molecule has 0 bridgehead atoms. The predicted octanol–water partition coefficient (Wildman–Crippen LogP) is 4.92. The van der Waals surface area contributed by atoms with Gasteiger partial charge >= 0.3 is 5.97 Å². The van der Waals surface area contributed by atoms with Gasteiger partial charge in [0.2, 0.25) is 0 Å². The summed E-state index contributed by atoms with van der Waals surface area (Å²) in [7, 11) is 0. The van der Waals surface area contributed by atoms with Crippen LogP contribution >= 0.6 is 0 Å². The number of hydrogen-bond donors (Lipinski definition) is 0. The standard InChI is InChI=1S/C20H16F2NO2.Re/c21-18-10-16(11-19(22)17(18)12-23)25-20(24)15-8-6-14(7-9-15)13-4-2-1-3-5-13;/h1,6-11,13H,2-5H2;/q-1;. The predicted molar refractivity (Wildman–Crippen MR) is 88.0 cm³/mol. The Labute approximate surface area is 164 Å². The quantitative estimate of drug-likeness (QED) is 0.324. The molecule has 0 unspecified atom stereocenters. The normalized spacial score (nSPS) is 14.2. The van der Waals surface area contributed by atoms with E-state index in [0.29, 0.717) is 11.5 Å². The maximum absolute atomic E-state index is 13.6. The first kappa shape index (κ1) is 20.2. The topological polar surface area (TPSA) is 50.1 Å². The Kier molecular flexibility index (Phi) is 7.03. The fraction of sp³-hybridized carbons (Fsp3) is 0.250. The van der Waals surface area contributed by atoms with E-state index in [1.807, 2.05) is 12.1 Å². The molecule has 3 rings (SSSR count). The molecule has 135 valence electrons. The zero-order valence-electron chi connectivity index (χ0n) is 13.8. The summed E-state index contributed by atoms with van der Waals surface area (Å²) in [5.41, 5.74) is 0.783.